The average Bonchev–Trinajstić information content (AvgIpc) is 2.72. The second-order valence-electron chi connectivity index (χ2n) is 4.21. The summed E-state index contributed by atoms with van der Waals surface area (Å²) in [6.45, 7) is -0.547. The van der Waals surface area contributed by atoms with Gasteiger partial charge in [0.1, 0.15) is 6.61 Å². The lowest BCUT2D eigenvalue weighted by molar-refractivity contribution is -0.174. The fourth-order valence-electron chi connectivity index (χ4n) is 1.93. The molecule has 0 fully saturated rings. The van der Waals surface area contributed by atoms with Crippen molar-refractivity contribution in [3.63, 3.8) is 0 Å². The molecule has 19 heavy (non-hydrogen) atoms. The number of ether oxygens (including phenoxy) is 1. The van der Waals surface area contributed by atoms with Gasteiger partial charge in [0.2, 0.25) is 0 Å². The first-order valence-corrected chi connectivity index (χ1v) is 6.23. The van der Waals surface area contributed by atoms with Gasteiger partial charge in [0.15, 0.2) is 0 Å². The number of alkyl halides is 3. The van der Waals surface area contributed by atoms with Crippen LogP contribution in [0.15, 0.2) is 30.5 Å². The zero-order valence-electron chi connectivity index (χ0n) is 10.1. The zero-order chi connectivity index (χ0) is 13.9. The van der Waals surface area contributed by atoms with Crippen LogP contribution in [-0.2, 0) is 11.3 Å². The molecule has 0 aliphatic carbocycles. The first kappa shape index (κ1) is 14.2. The Labute approximate surface area is 113 Å². The van der Waals surface area contributed by atoms with Crippen LogP contribution in [-0.4, -0.2) is 24.0 Å². The molecular weight excluding hydrogens is 279 g/mol. The minimum atomic E-state index is -4.26. The summed E-state index contributed by atoms with van der Waals surface area (Å²) in [7, 11) is 0. The molecule has 0 amide bonds. The highest BCUT2D eigenvalue weighted by molar-refractivity contribution is 6.35. The number of para-hydroxylation sites is 1. The molecule has 1 aromatic heterocycles. The van der Waals surface area contributed by atoms with E-state index in [4.69, 9.17) is 11.6 Å². The molecule has 0 bridgehead atoms. The maximum absolute atomic E-state index is 11.9. The molecule has 0 aliphatic rings. The van der Waals surface area contributed by atoms with Crippen LogP contribution in [0, 0.1) is 0 Å². The Bertz CT molecular complexity index is 550. The number of nitrogens with zero attached hydrogens (tertiary/aromatic N) is 1. The summed E-state index contributed by atoms with van der Waals surface area (Å²) in [5.74, 6) is 0. The molecule has 0 aliphatic heterocycles. The summed E-state index contributed by atoms with van der Waals surface area (Å²) in [4.78, 5) is 0. The van der Waals surface area contributed by atoms with Gasteiger partial charge in [-0.1, -0.05) is 23.7 Å². The van der Waals surface area contributed by atoms with Crippen LogP contribution in [0.25, 0.3) is 10.9 Å². The maximum atomic E-state index is 11.9. The van der Waals surface area contributed by atoms with E-state index in [1.807, 2.05) is 29.0 Å². The van der Waals surface area contributed by atoms with Crippen LogP contribution in [0.4, 0.5) is 13.2 Å². The fraction of sp³-hybridized carbons (Fsp3) is 0.385. The predicted molar refractivity (Wildman–Crippen MR) is 68.4 cm³/mol. The number of aryl methyl sites for hydroxylation is 1. The first-order chi connectivity index (χ1) is 8.97. The topological polar surface area (TPSA) is 14.2 Å². The van der Waals surface area contributed by atoms with Crippen LogP contribution in [0.2, 0.25) is 5.02 Å². The third kappa shape index (κ3) is 3.88. The summed E-state index contributed by atoms with van der Waals surface area (Å²) in [6.07, 6.45) is -1.88. The van der Waals surface area contributed by atoms with Gasteiger partial charge in [-0.25, -0.2) is 0 Å². The van der Waals surface area contributed by atoms with Gasteiger partial charge in [-0.2, -0.15) is 13.2 Å². The van der Waals surface area contributed by atoms with Gasteiger partial charge in [0, 0.05) is 24.7 Å². The standard InChI is InChI=1S/C13H13ClF3NO/c14-11-4-1-3-10-5-7-18(12(10)11)6-2-8-19-9-13(15,16)17/h1,3-5,7H,2,6,8-9H2. The molecule has 0 N–H and O–H groups in total. The minimum absolute atomic E-state index is 0.0731. The highest BCUT2D eigenvalue weighted by Gasteiger charge is 2.27. The fourth-order valence-corrected chi connectivity index (χ4v) is 2.22. The van der Waals surface area contributed by atoms with Crippen molar-refractivity contribution in [1.29, 1.82) is 0 Å². The van der Waals surface area contributed by atoms with Gasteiger partial charge in [-0.15, -0.1) is 0 Å². The van der Waals surface area contributed by atoms with E-state index in [0.29, 0.717) is 18.0 Å². The second kappa shape index (κ2) is 5.84. The molecule has 0 radical (unpaired) electrons. The lowest BCUT2D eigenvalue weighted by atomic mass is 10.2. The number of fused-ring (bicyclic) bond motifs is 1. The van der Waals surface area contributed by atoms with E-state index >= 15 is 0 Å². The maximum Gasteiger partial charge on any atom is 0.411 e. The van der Waals surface area contributed by atoms with Crippen molar-refractivity contribution in [1.82, 2.24) is 4.57 Å². The van der Waals surface area contributed by atoms with Crippen LogP contribution >= 0.6 is 11.6 Å². The van der Waals surface area contributed by atoms with Gasteiger partial charge >= 0.3 is 6.18 Å². The van der Waals surface area contributed by atoms with Crippen molar-refractivity contribution in [2.75, 3.05) is 13.2 Å². The van der Waals surface area contributed by atoms with Crippen molar-refractivity contribution >= 4 is 22.5 Å². The first-order valence-electron chi connectivity index (χ1n) is 5.85. The summed E-state index contributed by atoms with van der Waals surface area (Å²) in [5.41, 5.74) is 0.903. The van der Waals surface area contributed by atoms with Crippen LogP contribution < -0.4 is 0 Å². The molecule has 0 saturated heterocycles. The van der Waals surface area contributed by atoms with E-state index in [1.165, 1.54) is 0 Å². The van der Waals surface area contributed by atoms with Crippen molar-refractivity contribution < 1.29 is 17.9 Å². The smallest absolute Gasteiger partial charge is 0.372 e. The lowest BCUT2D eigenvalue weighted by Gasteiger charge is -2.09. The number of hydrogen-bond donors (Lipinski definition) is 0. The number of rotatable bonds is 5. The van der Waals surface area contributed by atoms with Crippen molar-refractivity contribution in [3.05, 3.63) is 35.5 Å². The average molecular weight is 292 g/mol. The van der Waals surface area contributed by atoms with Crippen LogP contribution in [0.1, 0.15) is 6.42 Å². The van der Waals surface area contributed by atoms with Crippen LogP contribution in [0.5, 0.6) is 0 Å². The number of benzene rings is 1. The third-order valence-electron chi connectivity index (χ3n) is 2.69. The lowest BCUT2D eigenvalue weighted by Crippen LogP contribution is -2.17. The van der Waals surface area contributed by atoms with Crippen molar-refractivity contribution in [3.8, 4) is 0 Å². The van der Waals surface area contributed by atoms with Gasteiger partial charge in [0.05, 0.1) is 10.5 Å². The van der Waals surface area contributed by atoms with E-state index in [0.717, 1.165) is 10.9 Å². The molecule has 1 aromatic carbocycles. The van der Waals surface area contributed by atoms with Gasteiger partial charge in [0.25, 0.3) is 0 Å². The van der Waals surface area contributed by atoms with Crippen molar-refractivity contribution in [2.45, 2.75) is 19.1 Å². The van der Waals surface area contributed by atoms with Crippen molar-refractivity contribution in [2.24, 2.45) is 0 Å². The van der Waals surface area contributed by atoms with Gasteiger partial charge in [-0.3, -0.25) is 0 Å². The molecule has 2 nitrogen and oxygen atoms in total. The van der Waals surface area contributed by atoms with E-state index in [1.54, 1.807) is 6.07 Å². The molecule has 6 heteroatoms. The molecule has 0 spiro atoms. The highest BCUT2D eigenvalue weighted by atomic mass is 35.5. The minimum Gasteiger partial charge on any atom is -0.372 e. The molecule has 0 unspecified atom stereocenters. The molecular formula is C13H13ClF3NO. The second-order valence-corrected chi connectivity index (χ2v) is 4.62. The Balaban J connectivity index is 1.89. The molecule has 0 atom stereocenters. The molecule has 104 valence electrons. The van der Waals surface area contributed by atoms with Gasteiger partial charge < -0.3 is 9.30 Å². The van der Waals surface area contributed by atoms with Crippen LogP contribution in [0.3, 0.4) is 0 Å². The summed E-state index contributed by atoms with van der Waals surface area (Å²) in [5, 5.41) is 1.66. The molecule has 1 heterocycles. The Hall–Kier alpha value is -1.20. The number of halogens is 4. The third-order valence-corrected chi connectivity index (χ3v) is 3.00. The van der Waals surface area contributed by atoms with E-state index < -0.39 is 12.8 Å². The SMILES string of the molecule is FC(F)(F)COCCCn1ccc2cccc(Cl)c21. The summed E-state index contributed by atoms with van der Waals surface area (Å²) >= 11 is 6.10. The number of aromatic nitrogens is 1. The molecule has 2 aromatic rings. The van der Waals surface area contributed by atoms with E-state index in [2.05, 4.69) is 4.74 Å². The Morgan fingerprint density at radius 1 is 1.21 bits per heavy atom. The Kier molecular flexibility index (Phi) is 4.37. The normalized spacial score (nSPS) is 12.2. The van der Waals surface area contributed by atoms with E-state index in [9.17, 15) is 13.2 Å². The Morgan fingerprint density at radius 3 is 2.74 bits per heavy atom. The molecule has 2 rings (SSSR count). The zero-order valence-corrected chi connectivity index (χ0v) is 10.8. The summed E-state index contributed by atoms with van der Waals surface area (Å²) in [6, 6.07) is 7.53. The Morgan fingerprint density at radius 2 is 2.00 bits per heavy atom. The van der Waals surface area contributed by atoms with Gasteiger partial charge in [-0.05, 0) is 18.6 Å². The molecule has 0 saturated carbocycles. The highest BCUT2D eigenvalue weighted by Crippen LogP contribution is 2.24. The largest absolute Gasteiger partial charge is 0.411 e. The van der Waals surface area contributed by atoms with E-state index in [-0.39, 0.29) is 6.61 Å². The number of hydrogen-bond acceptors (Lipinski definition) is 1. The monoisotopic (exact) mass is 291 g/mol. The quantitative estimate of drug-likeness (QED) is 0.751. The summed E-state index contributed by atoms with van der Waals surface area (Å²) < 4.78 is 42.1. The predicted octanol–water partition coefficient (Wildman–Crippen LogP) is 4.26.